The maximum atomic E-state index is 13.9. The van der Waals surface area contributed by atoms with Crippen LogP contribution in [0.2, 0.25) is 20.4 Å². The SMILES string of the molecule is O=C(Nc1ccc(C[C@H](NC(=O)[C@@H]2C3CCC(CC3)N2S(=O)(=O)c2c(Cl)cccc2Cl)C(=O)O)cc1)c1cc(Cl)nc(Cl)c1. The fourth-order valence-electron chi connectivity index (χ4n) is 5.83. The Balaban J connectivity index is 1.32. The summed E-state index contributed by atoms with van der Waals surface area (Å²) < 4.78 is 29.0. The number of anilines is 1. The van der Waals surface area contributed by atoms with E-state index in [1.165, 1.54) is 34.6 Å². The molecule has 0 spiro atoms. The van der Waals surface area contributed by atoms with Gasteiger partial charge in [-0.15, -0.1) is 0 Å². The Morgan fingerprint density at radius 2 is 1.52 bits per heavy atom. The van der Waals surface area contributed by atoms with Crippen LogP contribution in [0.15, 0.2) is 59.5 Å². The fraction of sp³-hybridized carbons (Fsp3) is 0.310. The number of aliphatic carboxylic acids is 1. The normalized spacial score (nSPS) is 20.6. The summed E-state index contributed by atoms with van der Waals surface area (Å²) in [5.74, 6) is -2.75. The van der Waals surface area contributed by atoms with Crippen LogP contribution in [0.5, 0.6) is 0 Å². The maximum Gasteiger partial charge on any atom is 0.326 e. The summed E-state index contributed by atoms with van der Waals surface area (Å²) in [7, 11) is -4.29. The molecule has 3 N–H and O–H groups in total. The highest BCUT2D eigenvalue weighted by molar-refractivity contribution is 7.89. The predicted octanol–water partition coefficient (Wildman–Crippen LogP) is 5.69. The number of piperidine rings is 2. The molecule has 44 heavy (non-hydrogen) atoms. The second-order valence-corrected chi connectivity index (χ2v) is 14.0. The van der Waals surface area contributed by atoms with Gasteiger partial charge in [-0.2, -0.15) is 4.31 Å². The van der Waals surface area contributed by atoms with E-state index < -0.39 is 45.9 Å². The number of aromatic nitrogens is 1. The van der Waals surface area contributed by atoms with Gasteiger partial charge >= 0.3 is 5.97 Å². The summed E-state index contributed by atoms with van der Waals surface area (Å²) in [6.45, 7) is 0. The Labute approximate surface area is 273 Å². The first-order chi connectivity index (χ1) is 20.8. The van der Waals surface area contributed by atoms with Crippen molar-refractivity contribution in [3.63, 3.8) is 0 Å². The van der Waals surface area contributed by atoms with Crippen molar-refractivity contribution in [1.29, 1.82) is 0 Å². The van der Waals surface area contributed by atoms with Gasteiger partial charge in [-0.25, -0.2) is 18.2 Å². The number of hydrogen-bond donors (Lipinski definition) is 3. The van der Waals surface area contributed by atoms with Crippen LogP contribution in [0, 0.1) is 5.92 Å². The van der Waals surface area contributed by atoms with Crippen LogP contribution >= 0.6 is 46.4 Å². The molecule has 2 aromatic carbocycles. The van der Waals surface area contributed by atoms with E-state index in [4.69, 9.17) is 46.4 Å². The van der Waals surface area contributed by atoms with Gasteiger partial charge in [0.05, 0.1) is 10.0 Å². The number of carboxylic acid groups (broad SMARTS) is 1. The third kappa shape index (κ3) is 6.83. The van der Waals surface area contributed by atoms with Crippen LogP contribution in [-0.4, -0.2) is 58.7 Å². The highest BCUT2D eigenvalue weighted by atomic mass is 35.5. The molecule has 15 heteroatoms. The maximum absolute atomic E-state index is 13.9. The number of nitrogens with one attached hydrogen (secondary N) is 2. The number of sulfonamides is 1. The van der Waals surface area contributed by atoms with E-state index in [2.05, 4.69) is 15.6 Å². The zero-order chi connectivity index (χ0) is 31.8. The van der Waals surface area contributed by atoms with Crippen molar-refractivity contribution >= 4 is 79.9 Å². The average Bonchev–Trinajstić information content (AvgIpc) is 2.97. The van der Waals surface area contributed by atoms with Crippen molar-refractivity contribution in [2.45, 2.75) is 55.1 Å². The zero-order valence-corrected chi connectivity index (χ0v) is 26.7. The summed E-state index contributed by atoms with van der Waals surface area (Å²) in [5.41, 5.74) is 1.19. The number of benzene rings is 2. The van der Waals surface area contributed by atoms with Crippen LogP contribution in [0.25, 0.3) is 0 Å². The molecule has 10 nitrogen and oxygen atoms in total. The molecule has 0 radical (unpaired) electrons. The number of pyridine rings is 1. The average molecular weight is 700 g/mol. The van der Waals surface area contributed by atoms with Crippen molar-refractivity contribution in [2.24, 2.45) is 5.92 Å². The molecule has 2 atom stereocenters. The summed E-state index contributed by atoms with van der Waals surface area (Å²) in [4.78, 5) is 42.0. The van der Waals surface area contributed by atoms with Crippen LogP contribution in [-0.2, 0) is 26.0 Å². The molecule has 0 unspecified atom stereocenters. The molecule has 2 bridgehead atoms. The molecule has 3 fully saturated rings. The number of amides is 2. The van der Waals surface area contributed by atoms with Crippen LogP contribution in [0.4, 0.5) is 5.69 Å². The Morgan fingerprint density at radius 1 is 0.932 bits per heavy atom. The first-order valence-corrected chi connectivity index (χ1v) is 16.5. The number of fused-ring (bicyclic) bond motifs is 3. The second kappa shape index (κ2) is 13.2. The van der Waals surface area contributed by atoms with Gasteiger partial charge in [0.25, 0.3) is 5.91 Å². The van der Waals surface area contributed by atoms with E-state index >= 15 is 0 Å². The molecule has 232 valence electrons. The Kier molecular flexibility index (Phi) is 9.74. The van der Waals surface area contributed by atoms with E-state index in [1.807, 2.05) is 0 Å². The zero-order valence-electron chi connectivity index (χ0n) is 22.8. The standard InChI is InChI=1S/C29H26Cl4N4O6S/c30-20-2-1-3-21(31)26(20)44(42,43)37-19-10-6-16(7-11-19)25(37)28(39)35-22(29(40)41)12-15-4-8-18(9-5-15)34-27(38)17-13-23(32)36-24(33)14-17/h1-5,8-9,13-14,16,19,22,25H,6-7,10-12H2,(H,34,38)(H,35,39)(H,40,41)/t16?,19?,22-,25-/m0/s1. The molecule has 3 aromatic rings. The van der Waals surface area contributed by atoms with E-state index in [0.29, 0.717) is 36.9 Å². The molecule has 1 saturated carbocycles. The number of hydrogen-bond acceptors (Lipinski definition) is 6. The van der Waals surface area contributed by atoms with Crippen molar-refractivity contribution in [1.82, 2.24) is 14.6 Å². The topological polar surface area (TPSA) is 146 Å². The van der Waals surface area contributed by atoms with Crippen molar-refractivity contribution in [2.75, 3.05) is 5.32 Å². The fourth-order valence-corrected chi connectivity index (χ4v) is 9.29. The lowest BCUT2D eigenvalue weighted by Crippen LogP contribution is -2.63. The van der Waals surface area contributed by atoms with Crippen LogP contribution < -0.4 is 10.6 Å². The van der Waals surface area contributed by atoms with Gasteiger partial charge in [0, 0.05) is 23.7 Å². The van der Waals surface area contributed by atoms with Crippen molar-refractivity contribution in [3.8, 4) is 0 Å². The van der Waals surface area contributed by atoms with Gasteiger partial charge in [0.1, 0.15) is 27.3 Å². The Bertz CT molecular complexity index is 1670. The first-order valence-electron chi connectivity index (χ1n) is 13.6. The third-order valence-electron chi connectivity index (χ3n) is 7.84. The molecule has 6 rings (SSSR count). The van der Waals surface area contributed by atoms with E-state index in [0.717, 1.165) is 0 Å². The minimum absolute atomic E-state index is 0.0606. The van der Waals surface area contributed by atoms with Gasteiger partial charge in [-0.3, -0.25) is 9.59 Å². The predicted molar refractivity (Wildman–Crippen MR) is 167 cm³/mol. The van der Waals surface area contributed by atoms with Crippen LogP contribution in [0.3, 0.4) is 0 Å². The molecule has 2 saturated heterocycles. The minimum atomic E-state index is -4.29. The largest absolute Gasteiger partial charge is 0.480 e. The highest BCUT2D eigenvalue weighted by Gasteiger charge is 2.52. The molecule has 1 aromatic heterocycles. The molecule has 3 aliphatic rings. The van der Waals surface area contributed by atoms with Gasteiger partial charge in [0.2, 0.25) is 15.9 Å². The van der Waals surface area contributed by atoms with E-state index in [-0.39, 0.29) is 43.1 Å². The molecule has 2 amide bonds. The number of nitrogens with zero attached hydrogens (tertiary/aromatic N) is 2. The van der Waals surface area contributed by atoms with Gasteiger partial charge in [0.15, 0.2) is 0 Å². The van der Waals surface area contributed by atoms with Crippen LogP contribution in [0.1, 0.15) is 41.6 Å². The lowest BCUT2D eigenvalue weighted by molar-refractivity contribution is -0.143. The van der Waals surface area contributed by atoms with Crippen molar-refractivity contribution in [3.05, 3.63) is 86.1 Å². The number of carboxylic acids is 1. The minimum Gasteiger partial charge on any atom is -0.480 e. The summed E-state index contributed by atoms with van der Waals surface area (Å²) >= 11 is 24.3. The molecule has 1 aliphatic carbocycles. The number of carbonyl (C=O) groups excluding carboxylic acids is 2. The lowest BCUT2D eigenvalue weighted by Gasteiger charge is -2.49. The molecular formula is C29H26Cl4N4O6S. The number of rotatable bonds is 9. The lowest BCUT2D eigenvalue weighted by atomic mass is 9.76. The monoisotopic (exact) mass is 698 g/mol. The smallest absolute Gasteiger partial charge is 0.326 e. The second-order valence-electron chi connectivity index (χ2n) is 10.7. The number of carbonyl (C=O) groups is 3. The van der Waals surface area contributed by atoms with E-state index in [9.17, 15) is 27.9 Å². The van der Waals surface area contributed by atoms with Gasteiger partial charge in [-0.1, -0.05) is 64.6 Å². The van der Waals surface area contributed by atoms with Gasteiger partial charge in [-0.05, 0) is 73.6 Å². The Hall–Kier alpha value is -2.93. The molecular weight excluding hydrogens is 674 g/mol. The quantitative estimate of drug-likeness (QED) is 0.243. The first kappa shape index (κ1) is 32.5. The Morgan fingerprint density at radius 3 is 2.09 bits per heavy atom. The summed E-state index contributed by atoms with van der Waals surface area (Å²) in [6, 6.07) is 10.6. The molecule has 3 heterocycles. The molecule has 2 aliphatic heterocycles. The van der Waals surface area contributed by atoms with Gasteiger partial charge < -0.3 is 15.7 Å². The third-order valence-corrected chi connectivity index (χ3v) is 11.1. The van der Waals surface area contributed by atoms with E-state index in [1.54, 1.807) is 24.3 Å². The summed E-state index contributed by atoms with van der Waals surface area (Å²) in [6.07, 6.45) is 2.32. The van der Waals surface area contributed by atoms with Crippen molar-refractivity contribution < 1.29 is 27.9 Å². The summed E-state index contributed by atoms with van der Waals surface area (Å²) in [5, 5.41) is 15.2. The number of halogens is 4. The highest BCUT2D eigenvalue weighted by Crippen LogP contribution is 2.44.